The SMILES string of the molecule is CCCCCN(CCCCC)C(=O)[C@H](C)NC(=O)[C@@H](NC(=O)[C@H](Cc1ccc(O)cc1)NC(C)=O)C(C)C. The topological polar surface area (TPSA) is 128 Å². The molecule has 9 heteroatoms. The van der Waals surface area contributed by atoms with Crippen molar-refractivity contribution in [3.8, 4) is 5.75 Å². The van der Waals surface area contributed by atoms with Gasteiger partial charge in [-0.05, 0) is 43.4 Å². The molecule has 0 heterocycles. The first-order valence-electron chi connectivity index (χ1n) is 13.9. The molecule has 9 nitrogen and oxygen atoms in total. The lowest BCUT2D eigenvalue weighted by molar-refractivity contribution is -0.137. The summed E-state index contributed by atoms with van der Waals surface area (Å²) in [6.07, 6.45) is 6.24. The Hall–Kier alpha value is -3.10. The molecule has 0 aromatic heterocycles. The van der Waals surface area contributed by atoms with Gasteiger partial charge in [-0.3, -0.25) is 19.2 Å². The number of phenols is 1. The summed E-state index contributed by atoms with van der Waals surface area (Å²) in [5.74, 6) is -1.59. The smallest absolute Gasteiger partial charge is 0.244 e. The summed E-state index contributed by atoms with van der Waals surface area (Å²) in [5, 5.41) is 17.7. The second-order valence-corrected chi connectivity index (χ2v) is 10.3. The molecule has 4 N–H and O–H groups in total. The van der Waals surface area contributed by atoms with E-state index in [-0.39, 0.29) is 29.9 Å². The number of rotatable bonds is 17. The lowest BCUT2D eigenvalue weighted by Gasteiger charge is -2.29. The fourth-order valence-corrected chi connectivity index (χ4v) is 4.19. The molecule has 0 radical (unpaired) electrons. The monoisotopic (exact) mass is 532 g/mol. The standard InChI is InChI=1S/C29H48N4O5/c1-7-9-11-17-33(18-12-10-8-2)29(38)21(5)30-28(37)26(20(3)4)32-27(36)25(31-22(6)34)19-23-13-15-24(35)16-14-23/h13-16,20-21,25-26,35H,7-12,17-19H2,1-6H3,(H,30,37)(H,31,34)(H,32,36)/t21-,25-,26-/m0/s1. The van der Waals surface area contributed by atoms with Gasteiger partial charge >= 0.3 is 0 Å². The zero-order valence-electron chi connectivity index (χ0n) is 24.0. The van der Waals surface area contributed by atoms with Crippen molar-refractivity contribution < 1.29 is 24.3 Å². The predicted octanol–water partition coefficient (Wildman–Crippen LogP) is 3.29. The van der Waals surface area contributed by atoms with Crippen molar-refractivity contribution in [1.82, 2.24) is 20.9 Å². The first kappa shape index (κ1) is 32.9. The van der Waals surface area contributed by atoms with Crippen molar-refractivity contribution in [3.05, 3.63) is 29.8 Å². The summed E-state index contributed by atoms with van der Waals surface area (Å²) in [7, 11) is 0. The minimum absolute atomic E-state index is 0.101. The number of nitrogens with one attached hydrogen (secondary N) is 3. The first-order valence-corrected chi connectivity index (χ1v) is 13.9. The van der Waals surface area contributed by atoms with Gasteiger partial charge in [0.15, 0.2) is 0 Å². The number of amides is 4. The minimum Gasteiger partial charge on any atom is -0.508 e. The quantitative estimate of drug-likeness (QED) is 0.229. The molecule has 0 aliphatic heterocycles. The fourth-order valence-electron chi connectivity index (χ4n) is 4.19. The summed E-state index contributed by atoms with van der Waals surface area (Å²) in [4.78, 5) is 53.2. The highest BCUT2D eigenvalue weighted by atomic mass is 16.3. The molecule has 0 aliphatic carbocycles. The summed E-state index contributed by atoms with van der Waals surface area (Å²) in [6, 6.07) is 3.84. The van der Waals surface area contributed by atoms with Crippen molar-refractivity contribution in [1.29, 1.82) is 0 Å². The zero-order valence-corrected chi connectivity index (χ0v) is 24.0. The molecule has 38 heavy (non-hydrogen) atoms. The van der Waals surface area contributed by atoms with Crippen LogP contribution in [0.15, 0.2) is 24.3 Å². The molecular formula is C29H48N4O5. The van der Waals surface area contributed by atoms with Crippen LogP contribution in [0.4, 0.5) is 0 Å². The van der Waals surface area contributed by atoms with Gasteiger partial charge in [0.1, 0.15) is 23.9 Å². The maximum Gasteiger partial charge on any atom is 0.244 e. The second-order valence-electron chi connectivity index (χ2n) is 10.3. The normalized spacial score (nSPS) is 13.3. The van der Waals surface area contributed by atoms with Crippen LogP contribution in [0.25, 0.3) is 0 Å². The average molecular weight is 533 g/mol. The molecule has 1 aromatic carbocycles. The third-order valence-electron chi connectivity index (χ3n) is 6.42. The Balaban J connectivity index is 2.91. The van der Waals surface area contributed by atoms with Gasteiger partial charge in [0.05, 0.1) is 0 Å². The van der Waals surface area contributed by atoms with Crippen LogP contribution in [-0.2, 0) is 25.6 Å². The highest BCUT2D eigenvalue weighted by molar-refractivity contribution is 5.94. The Labute approximate surface area is 228 Å². The van der Waals surface area contributed by atoms with E-state index in [4.69, 9.17) is 0 Å². The molecule has 0 spiro atoms. The molecule has 4 amide bonds. The summed E-state index contributed by atoms with van der Waals surface area (Å²) in [6.45, 7) is 12.2. The van der Waals surface area contributed by atoms with Crippen molar-refractivity contribution in [2.75, 3.05) is 13.1 Å². The van der Waals surface area contributed by atoms with Crippen LogP contribution in [0, 0.1) is 5.92 Å². The predicted molar refractivity (Wildman–Crippen MR) is 149 cm³/mol. The number of aromatic hydroxyl groups is 1. The molecule has 0 saturated heterocycles. The Bertz CT molecular complexity index is 877. The van der Waals surface area contributed by atoms with Gasteiger partial charge in [-0.15, -0.1) is 0 Å². The van der Waals surface area contributed by atoms with Crippen LogP contribution >= 0.6 is 0 Å². The van der Waals surface area contributed by atoms with E-state index in [1.165, 1.54) is 19.1 Å². The van der Waals surface area contributed by atoms with Gasteiger partial charge in [0, 0.05) is 26.4 Å². The number of hydrogen-bond acceptors (Lipinski definition) is 5. The van der Waals surface area contributed by atoms with Gasteiger partial charge in [0.25, 0.3) is 0 Å². The number of carbonyl (C=O) groups is 4. The number of unbranched alkanes of at least 4 members (excludes halogenated alkanes) is 4. The highest BCUT2D eigenvalue weighted by Gasteiger charge is 2.31. The van der Waals surface area contributed by atoms with E-state index in [2.05, 4.69) is 29.8 Å². The van der Waals surface area contributed by atoms with E-state index >= 15 is 0 Å². The van der Waals surface area contributed by atoms with Crippen LogP contribution < -0.4 is 16.0 Å². The van der Waals surface area contributed by atoms with E-state index in [0.717, 1.165) is 44.1 Å². The third kappa shape index (κ3) is 12.0. The molecule has 1 rings (SSSR count). The van der Waals surface area contributed by atoms with E-state index in [1.54, 1.807) is 19.1 Å². The molecule has 0 fully saturated rings. The van der Waals surface area contributed by atoms with Crippen LogP contribution in [0.5, 0.6) is 5.75 Å². The molecule has 0 aliphatic rings. The summed E-state index contributed by atoms with van der Waals surface area (Å²) >= 11 is 0. The van der Waals surface area contributed by atoms with Crippen molar-refractivity contribution >= 4 is 23.6 Å². The van der Waals surface area contributed by atoms with Gasteiger partial charge in [-0.1, -0.05) is 65.5 Å². The first-order chi connectivity index (χ1) is 18.0. The molecule has 214 valence electrons. The lowest BCUT2D eigenvalue weighted by atomic mass is 10.0. The molecule has 1 aromatic rings. The maximum atomic E-state index is 13.2. The van der Waals surface area contributed by atoms with Crippen LogP contribution in [0.2, 0.25) is 0 Å². The Kier molecular flexibility index (Phi) is 15.1. The maximum absolute atomic E-state index is 13.2. The van der Waals surface area contributed by atoms with Crippen LogP contribution in [0.1, 0.15) is 85.6 Å². The summed E-state index contributed by atoms with van der Waals surface area (Å²) in [5.41, 5.74) is 0.743. The number of carbonyl (C=O) groups excluding carboxylic acids is 4. The van der Waals surface area contributed by atoms with E-state index in [1.807, 2.05) is 18.7 Å². The van der Waals surface area contributed by atoms with Gasteiger partial charge in [-0.25, -0.2) is 0 Å². The van der Waals surface area contributed by atoms with E-state index in [0.29, 0.717) is 13.1 Å². The molecule has 0 bridgehead atoms. The Morgan fingerprint density at radius 1 is 0.816 bits per heavy atom. The number of phenolic OH excluding ortho intramolecular Hbond substituents is 1. The lowest BCUT2D eigenvalue weighted by Crippen LogP contribution is -2.58. The minimum atomic E-state index is -0.905. The van der Waals surface area contributed by atoms with Gasteiger partial charge in [0.2, 0.25) is 23.6 Å². The Morgan fingerprint density at radius 3 is 1.84 bits per heavy atom. The Morgan fingerprint density at radius 2 is 1.37 bits per heavy atom. The van der Waals surface area contributed by atoms with Crippen molar-refractivity contribution in [2.45, 2.75) is 105 Å². The average Bonchev–Trinajstić information content (AvgIpc) is 2.86. The van der Waals surface area contributed by atoms with Crippen LogP contribution in [0.3, 0.4) is 0 Å². The van der Waals surface area contributed by atoms with E-state index in [9.17, 15) is 24.3 Å². The molecule has 0 unspecified atom stereocenters. The number of nitrogens with zero attached hydrogens (tertiary/aromatic N) is 1. The second kappa shape index (κ2) is 17.4. The molecule has 3 atom stereocenters. The fraction of sp³-hybridized carbons (Fsp3) is 0.655. The third-order valence-corrected chi connectivity index (χ3v) is 6.42. The molecular weight excluding hydrogens is 484 g/mol. The summed E-state index contributed by atoms with van der Waals surface area (Å²) < 4.78 is 0. The number of hydrogen-bond donors (Lipinski definition) is 4. The van der Waals surface area contributed by atoms with Crippen molar-refractivity contribution in [3.63, 3.8) is 0 Å². The largest absolute Gasteiger partial charge is 0.508 e. The van der Waals surface area contributed by atoms with Gasteiger partial charge < -0.3 is 26.0 Å². The highest BCUT2D eigenvalue weighted by Crippen LogP contribution is 2.12. The number of benzene rings is 1. The van der Waals surface area contributed by atoms with Crippen LogP contribution in [-0.4, -0.2) is 64.9 Å². The van der Waals surface area contributed by atoms with Crippen molar-refractivity contribution in [2.24, 2.45) is 5.92 Å². The van der Waals surface area contributed by atoms with E-state index < -0.39 is 29.9 Å². The zero-order chi connectivity index (χ0) is 28.7. The van der Waals surface area contributed by atoms with Gasteiger partial charge in [-0.2, -0.15) is 0 Å². The molecule has 0 saturated carbocycles.